The van der Waals surface area contributed by atoms with Gasteiger partial charge in [-0.15, -0.1) is 0 Å². The minimum atomic E-state index is -0.263. The summed E-state index contributed by atoms with van der Waals surface area (Å²) in [5.74, 6) is -0.524. The Morgan fingerprint density at radius 3 is 2.72 bits per heavy atom. The third-order valence-electron chi connectivity index (χ3n) is 2.57. The second-order valence-corrected chi connectivity index (χ2v) is 3.98. The second kappa shape index (κ2) is 5.44. The zero-order valence-corrected chi connectivity index (χ0v) is 9.94. The van der Waals surface area contributed by atoms with Gasteiger partial charge in [0.2, 0.25) is 0 Å². The van der Waals surface area contributed by atoms with Crippen LogP contribution in [0.2, 0.25) is 0 Å². The maximum atomic E-state index is 12.7. The maximum Gasteiger partial charge on any atom is 0.273 e. The molecule has 94 valence electrons. The van der Waals surface area contributed by atoms with E-state index in [1.807, 2.05) is 0 Å². The van der Waals surface area contributed by atoms with Crippen LogP contribution in [0, 0.1) is 12.7 Å². The quantitative estimate of drug-likeness (QED) is 0.901. The molecule has 0 radical (unpaired) electrons. The van der Waals surface area contributed by atoms with E-state index in [-0.39, 0.29) is 11.7 Å². The van der Waals surface area contributed by atoms with Crippen molar-refractivity contribution in [2.24, 2.45) is 0 Å². The average Bonchev–Trinajstić information content (AvgIpc) is 2.78. The van der Waals surface area contributed by atoms with Crippen molar-refractivity contribution < 1.29 is 13.7 Å². The number of carbonyl (C=O) groups excluding carboxylic acids is 1. The molecular weight excluding hydrogens is 235 g/mol. The standard InChI is InChI=1S/C13H13FN2O2/c1-9-8-18-16-12(9)13(17)15-7-6-10-2-4-11(14)5-3-10/h2-5,8H,6-7H2,1H3,(H,15,17). The number of amides is 1. The van der Waals surface area contributed by atoms with Crippen molar-refractivity contribution >= 4 is 5.91 Å². The van der Waals surface area contributed by atoms with E-state index in [9.17, 15) is 9.18 Å². The van der Waals surface area contributed by atoms with Gasteiger partial charge < -0.3 is 9.84 Å². The number of carbonyl (C=O) groups is 1. The van der Waals surface area contributed by atoms with Gasteiger partial charge in [0.15, 0.2) is 5.69 Å². The molecule has 2 aromatic rings. The summed E-state index contributed by atoms with van der Waals surface area (Å²) in [5, 5.41) is 6.35. The summed E-state index contributed by atoms with van der Waals surface area (Å²) in [6, 6.07) is 6.20. The Morgan fingerprint density at radius 1 is 1.39 bits per heavy atom. The lowest BCUT2D eigenvalue weighted by Gasteiger charge is -2.03. The number of nitrogens with zero attached hydrogens (tertiary/aromatic N) is 1. The summed E-state index contributed by atoms with van der Waals surface area (Å²) >= 11 is 0. The molecule has 1 amide bonds. The van der Waals surface area contributed by atoms with Gasteiger partial charge in [0.05, 0.1) is 0 Å². The first-order valence-electron chi connectivity index (χ1n) is 5.60. The molecule has 0 unspecified atom stereocenters. The number of nitrogens with one attached hydrogen (secondary N) is 1. The van der Waals surface area contributed by atoms with Crippen molar-refractivity contribution in [2.75, 3.05) is 6.54 Å². The fourth-order valence-electron chi connectivity index (χ4n) is 1.56. The van der Waals surface area contributed by atoms with Gasteiger partial charge in [-0.05, 0) is 31.0 Å². The van der Waals surface area contributed by atoms with Crippen molar-refractivity contribution in [3.63, 3.8) is 0 Å². The van der Waals surface area contributed by atoms with Gasteiger partial charge in [-0.3, -0.25) is 4.79 Å². The van der Waals surface area contributed by atoms with E-state index in [4.69, 9.17) is 4.52 Å². The monoisotopic (exact) mass is 248 g/mol. The third kappa shape index (κ3) is 2.94. The SMILES string of the molecule is Cc1conc1C(=O)NCCc1ccc(F)cc1. The molecule has 1 aromatic carbocycles. The molecule has 2 rings (SSSR count). The summed E-state index contributed by atoms with van der Waals surface area (Å²) in [6.45, 7) is 2.22. The minimum absolute atomic E-state index is 0.261. The predicted molar refractivity (Wildman–Crippen MR) is 63.7 cm³/mol. The van der Waals surface area contributed by atoms with Crippen LogP contribution in [0.25, 0.3) is 0 Å². The van der Waals surface area contributed by atoms with Crippen molar-refractivity contribution in [1.29, 1.82) is 0 Å². The first-order chi connectivity index (χ1) is 8.66. The average molecular weight is 248 g/mol. The van der Waals surface area contributed by atoms with Gasteiger partial charge in [0, 0.05) is 12.1 Å². The Kier molecular flexibility index (Phi) is 3.72. The van der Waals surface area contributed by atoms with Gasteiger partial charge in [-0.1, -0.05) is 17.3 Å². The smallest absolute Gasteiger partial charge is 0.273 e. The number of hydrogen-bond donors (Lipinski definition) is 1. The first kappa shape index (κ1) is 12.3. The predicted octanol–water partition coefficient (Wildman–Crippen LogP) is 2.09. The van der Waals surface area contributed by atoms with Crippen molar-refractivity contribution in [1.82, 2.24) is 10.5 Å². The van der Waals surface area contributed by atoms with E-state index in [1.165, 1.54) is 18.4 Å². The minimum Gasteiger partial charge on any atom is -0.364 e. The lowest BCUT2D eigenvalue weighted by molar-refractivity contribution is 0.0944. The van der Waals surface area contributed by atoms with Gasteiger partial charge in [-0.25, -0.2) is 4.39 Å². The number of aromatic nitrogens is 1. The topological polar surface area (TPSA) is 55.1 Å². The van der Waals surface area contributed by atoms with Crippen molar-refractivity contribution in [2.45, 2.75) is 13.3 Å². The molecule has 1 N–H and O–H groups in total. The third-order valence-corrected chi connectivity index (χ3v) is 2.57. The Morgan fingerprint density at radius 2 is 2.11 bits per heavy atom. The maximum absolute atomic E-state index is 12.7. The highest BCUT2D eigenvalue weighted by Gasteiger charge is 2.12. The molecule has 1 heterocycles. The second-order valence-electron chi connectivity index (χ2n) is 3.98. The van der Waals surface area contributed by atoms with E-state index in [0.29, 0.717) is 24.2 Å². The van der Waals surface area contributed by atoms with Crippen LogP contribution >= 0.6 is 0 Å². The van der Waals surface area contributed by atoms with Crippen LogP contribution in [0.5, 0.6) is 0 Å². The molecule has 0 atom stereocenters. The van der Waals surface area contributed by atoms with E-state index in [1.54, 1.807) is 19.1 Å². The molecule has 18 heavy (non-hydrogen) atoms. The van der Waals surface area contributed by atoms with Crippen LogP contribution in [0.1, 0.15) is 21.6 Å². The zero-order chi connectivity index (χ0) is 13.0. The largest absolute Gasteiger partial charge is 0.364 e. The van der Waals surface area contributed by atoms with Gasteiger partial charge in [0.25, 0.3) is 5.91 Å². The van der Waals surface area contributed by atoms with Gasteiger partial charge in [0.1, 0.15) is 12.1 Å². The van der Waals surface area contributed by atoms with Crippen molar-refractivity contribution in [3.8, 4) is 0 Å². The summed E-state index contributed by atoms with van der Waals surface area (Å²) < 4.78 is 17.4. The molecule has 0 aliphatic heterocycles. The highest BCUT2D eigenvalue weighted by Crippen LogP contribution is 2.05. The van der Waals surface area contributed by atoms with Crippen LogP contribution in [0.3, 0.4) is 0 Å². The molecule has 4 nitrogen and oxygen atoms in total. The summed E-state index contributed by atoms with van der Waals surface area (Å²) in [6.07, 6.45) is 2.07. The molecule has 0 aliphatic rings. The fourth-order valence-corrected chi connectivity index (χ4v) is 1.56. The van der Waals surface area contributed by atoms with Crippen LogP contribution in [0.4, 0.5) is 4.39 Å². The highest BCUT2D eigenvalue weighted by molar-refractivity contribution is 5.93. The number of rotatable bonds is 4. The van der Waals surface area contributed by atoms with E-state index >= 15 is 0 Å². The van der Waals surface area contributed by atoms with E-state index < -0.39 is 0 Å². The Balaban J connectivity index is 1.84. The van der Waals surface area contributed by atoms with E-state index in [2.05, 4.69) is 10.5 Å². The summed E-state index contributed by atoms with van der Waals surface area (Å²) in [7, 11) is 0. The molecule has 0 bridgehead atoms. The fraction of sp³-hybridized carbons (Fsp3) is 0.231. The van der Waals surface area contributed by atoms with Crippen LogP contribution < -0.4 is 5.32 Å². The lowest BCUT2D eigenvalue weighted by atomic mass is 10.1. The number of hydrogen-bond acceptors (Lipinski definition) is 3. The van der Waals surface area contributed by atoms with Gasteiger partial charge >= 0.3 is 0 Å². The van der Waals surface area contributed by atoms with Crippen LogP contribution in [-0.2, 0) is 6.42 Å². The molecule has 0 saturated carbocycles. The van der Waals surface area contributed by atoms with Crippen LogP contribution in [-0.4, -0.2) is 17.6 Å². The normalized spacial score (nSPS) is 10.3. The number of benzene rings is 1. The van der Waals surface area contributed by atoms with Crippen molar-refractivity contribution in [3.05, 3.63) is 53.2 Å². The molecule has 5 heteroatoms. The summed E-state index contributed by atoms with van der Waals surface area (Å²) in [5.41, 5.74) is 1.97. The number of aryl methyl sites for hydroxylation is 1. The highest BCUT2D eigenvalue weighted by atomic mass is 19.1. The lowest BCUT2D eigenvalue weighted by Crippen LogP contribution is -2.26. The Hall–Kier alpha value is -2.17. The molecule has 0 fully saturated rings. The molecule has 1 aromatic heterocycles. The summed E-state index contributed by atoms with van der Waals surface area (Å²) in [4.78, 5) is 11.7. The molecular formula is C13H13FN2O2. The van der Waals surface area contributed by atoms with Gasteiger partial charge in [-0.2, -0.15) is 0 Å². The first-order valence-corrected chi connectivity index (χ1v) is 5.60. The number of halogens is 1. The molecule has 0 spiro atoms. The molecule has 0 saturated heterocycles. The Bertz CT molecular complexity index is 534. The molecule has 0 aliphatic carbocycles. The zero-order valence-electron chi connectivity index (χ0n) is 9.94. The van der Waals surface area contributed by atoms with Crippen LogP contribution in [0.15, 0.2) is 35.1 Å². The van der Waals surface area contributed by atoms with E-state index in [0.717, 1.165) is 5.56 Å². The Labute approximate surface area is 104 Å².